The molecule has 1 fully saturated rings. The van der Waals surface area contributed by atoms with E-state index in [1.54, 1.807) is 20.1 Å². The minimum atomic E-state index is -0.702. The summed E-state index contributed by atoms with van der Waals surface area (Å²) in [5, 5.41) is 5.60. The van der Waals surface area contributed by atoms with Crippen LogP contribution in [0, 0.1) is 5.92 Å². The predicted octanol–water partition coefficient (Wildman–Crippen LogP) is 1.06. The number of carbonyl (C=O) groups excluding carboxylic acids is 3. The first kappa shape index (κ1) is 21.6. The Hall–Kier alpha value is -3.07. The zero-order valence-electron chi connectivity index (χ0n) is 17.3. The molecule has 1 saturated heterocycles. The van der Waals surface area contributed by atoms with E-state index in [0.717, 1.165) is 0 Å². The fraction of sp³-hybridized carbons (Fsp3) is 0.476. The van der Waals surface area contributed by atoms with E-state index in [2.05, 4.69) is 15.5 Å². The quantitative estimate of drug-likeness (QED) is 0.571. The first-order chi connectivity index (χ1) is 14.4. The lowest BCUT2D eigenvalue weighted by Gasteiger charge is -2.35. The van der Waals surface area contributed by atoms with Crippen molar-refractivity contribution in [2.75, 3.05) is 33.4 Å². The molecule has 1 atom stereocenters. The Balaban J connectivity index is 1.94. The molecule has 0 radical (unpaired) electrons. The molecule has 9 nitrogen and oxygen atoms in total. The molecule has 2 aliphatic heterocycles. The van der Waals surface area contributed by atoms with Gasteiger partial charge in [0.05, 0.1) is 25.3 Å². The van der Waals surface area contributed by atoms with Crippen molar-refractivity contribution in [1.82, 2.24) is 15.5 Å². The molecule has 0 aliphatic carbocycles. The van der Waals surface area contributed by atoms with Crippen molar-refractivity contribution in [3.8, 4) is 5.75 Å². The number of carbonyl (C=O) groups is 3. The number of likely N-dealkylation sites (tertiary alicyclic amines) is 1. The molecule has 30 heavy (non-hydrogen) atoms. The molecule has 4 N–H and O–H groups in total. The second-order valence-electron chi connectivity index (χ2n) is 7.34. The fourth-order valence-electron chi connectivity index (χ4n) is 3.93. The molecule has 162 valence electrons. The van der Waals surface area contributed by atoms with Gasteiger partial charge in [0.15, 0.2) is 0 Å². The number of urea groups is 1. The third-order valence-corrected chi connectivity index (χ3v) is 5.47. The van der Waals surface area contributed by atoms with Crippen LogP contribution in [0.5, 0.6) is 5.75 Å². The summed E-state index contributed by atoms with van der Waals surface area (Å²) in [6.45, 7) is 3.61. The summed E-state index contributed by atoms with van der Waals surface area (Å²) in [6, 6.07) is 6.13. The van der Waals surface area contributed by atoms with Crippen LogP contribution in [0.15, 0.2) is 35.5 Å². The molecule has 1 aromatic rings. The number of hydrogen-bond acceptors (Lipinski definition) is 6. The second kappa shape index (κ2) is 9.62. The number of nitrogens with one attached hydrogen (secondary N) is 2. The van der Waals surface area contributed by atoms with Gasteiger partial charge in [0, 0.05) is 23.7 Å². The summed E-state index contributed by atoms with van der Waals surface area (Å²) in [7, 11) is 1.54. The molecule has 9 heteroatoms. The van der Waals surface area contributed by atoms with Crippen LogP contribution in [0.2, 0.25) is 0 Å². The number of amides is 3. The largest absolute Gasteiger partial charge is 0.496 e. The van der Waals surface area contributed by atoms with Crippen LogP contribution >= 0.6 is 0 Å². The molecule has 0 spiro atoms. The van der Waals surface area contributed by atoms with Gasteiger partial charge in [-0.05, 0) is 38.9 Å². The van der Waals surface area contributed by atoms with Crippen molar-refractivity contribution >= 4 is 17.9 Å². The van der Waals surface area contributed by atoms with E-state index < -0.39 is 18.0 Å². The fourth-order valence-corrected chi connectivity index (χ4v) is 3.93. The third-order valence-electron chi connectivity index (χ3n) is 5.47. The summed E-state index contributed by atoms with van der Waals surface area (Å²) in [5.41, 5.74) is 6.92. The van der Waals surface area contributed by atoms with Crippen LogP contribution in [0.4, 0.5) is 4.79 Å². The number of rotatable bonds is 7. The molecule has 0 aromatic heterocycles. The highest BCUT2D eigenvalue weighted by atomic mass is 16.5. The maximum absolute atomic E-state index is 12.9. The summed E-state index contributed by atoms with van der Waals surface area (Å²) in [4.78, 5) is 38.8. The normalized spacial score (nSPS) is 20.3. The van der Waals surface area contributed by atoms with Crippen LogP contribution in [-0.2, 0) is 14.3 Å². The Morgan fingerprint density at radius 3 is 2.57 bits per heavy atom. The summed E-state index contributed by atoms with van der Waals surface area (Å²) >= 11 is 0. The Labute approximate surface area is 175 Å². The van der Waals surface area contributed by atoms with Crippen LogP contribution in [-0.4, -0.2) is 56.2 Å². The highest BCUT2D eigenvalue weighted by Crippen LogP contribution is 2.34. The third kappa shape index (κ3) is 4.73. The van der Waals surface area contributed by atoms with E-state index in [4.69, 9.17) is 15.2 Å². The number of hydrogen-bond donors (Lipinski definition) is 3. The van der Waals surface area contributed by atoms with Gasteiger partial charge in [0.25, 0.3) is 0 Å². The molecule has 2 aliphatic rings. The topological polar surface area (TPSA) is 123 Å². The maximum atomic E-state index is 12.9. The minimum absolute atomic E-state index is 0.135. The Kier molecular flexibility index (Phi) is 6.94. The second-order valence-corrected chi connectivity index (χ2v) is 7.34. The van der Waals surface area contributed by atoms with Crippen molar-refractivity contribution in [2.24, 2.45) is 11.7 Å². The van der Waals surface area contributed by atoms with Gasteiger partial charge < -0.3 is 25.8 Å². The van der Waals surface area contributed by atoms with Crippen molar-refractivity contribution in [1.29, 1.82) is 0 Å². The van der Waals surface area contributed by atoms with E-state index in [1.807, 2.05) is 18.2 Å². The average molecular weight is 416 g/mol. The number of benzene rings is 1. The lowest BCUT2D eigenvalue weighted by Crippen LogP contribution is -2.49. The smallest absolute Gasteiger partial charge is 0.338 e. The Morgan fingerprint density at radius 2 is 1.93 bits per heavy atom. The number of esters is 1. The predicted molar refractivity (Wildman–Crippen MR) is 109 cm³/mol. The van der Waals surface area contributed by atoms with Crippen LogP contribution in [0.1, 0.15) is 31.4 Å². The Bertz CT molecular complexity index is 846. The molecule has 3 rings (SSSR count). The van der Waals surface area contributed by atoms with E-state index in [9.17, 15) is 14.4 Å². The molecule has 1 aromatic carbocycles. The zero-order chi connectivity index (χ0) is 21.7. The van der Waals surface area contributed by atoms with Crippen LogP contribution in [0.3, 0.4) is 0 Å². The van der Waals surface area contributed by atoms with Gasteiger partial charge in [0.1, 0.15) is 5.75 Å². The number of piperidine rings is 1. The summed E-state index contributed by atoms with van der Waals surface area (Å²) in [6.07, 6.45) is 1.30. The first-order valence-electron chi connectivity index (χ1n) is 10.1. The van der Waals surface area contributed by atoms with Crippen molar-refractivity contribution < 1.29 is 23.9 Å². The maximum Gasteiger partial charge on any atom is 0.338 e. The van der Waals surface area contributed by atoms with Crippen LogP contribution in [0.25, 0.3) is 0 Å². The van der Waals surface area contributed by atoms with Gasteiger partial charge in [-0.25, -0.2) is 9.59 Å². The number of methoxy groups -OCH3 is 1. The molecular formula is C21H28N4O5. The number of nitrogens with zero attached hydrogens (tertiary/aromatic N) is 1. The number of ether oxygens (including phenoxy) is 2. The molecule has 0 saturated carbocycles. The SMILES string of the molecule is CCOC(=O)C1=C(CN2CCC(C(N)=O)CC2)NC(=O)N[C@@H]1c1ccccc1OC. The van der Waals surface area contributed by atoms with Gasteiger partial charge in [0.2, 0.25) is 5.91 Å². The minimum Gasteiger partial charge on any atom is -0.496 e. The number of primary amides is 1. The van der Waals surface area contributed by atoms with Gasteiger partial charge in [-0.1, -0.05) is 18.2 Å². The Morgan fingerprint density at radius 1 is 1.23 bits per heavy atom. The molecule has 2 heterocycles. The van der Waals surface area contributed by atoms with E-state index in [-0.39, 0.29) is 18.4 Å². The van der Waals surface area contributed by atoms with E-state index >= 15 is 0 Å². The zero-order valence-corrected chi connectivity index (χ0v) is 17.3. The summed E-state index contributed by atoms with van der Waals surface area (Å²) < 4.78 is 10.7. The van der Waals surface area contributed by atoms with Crippen molar-refractivity contribution in [3.63, 3.8) is 0 Å². The monoisotopic (exact) mass is 416 g/mol. The number of para-hydroxylation sites is 1. The number of nitrogens with two attached hydrogens (primary N) is 1. The molecule has 0 unspecified atom stereocenters. The lowest BCUT2D eigenvalue weighted by atomic mass is 9.93. The van der Waals surface area contributed by atoms with Crippen molar-refractivity contribution in [2.45, 2.75) is 25.8 Å². The first-order valence-corrected chi connectivity index (χ1v) is 10.1. The van der Waals surface area contributed by atoms with Gasteiger partial charge in [-0.15, -0.1) is 0 Å². The van der Waals surface area contributed by atoms with E-state index in [1.165, 1.54) is 0 Å². The molecular weight excluding hydrogens is 388 g/mol. The van der Waals surface area contributed by atoms with Gasteiger partial charge in [-0.3, -0.25) is 9.69 Å². The molecule has 3 amide bonds. The van der Waals surface area contributed by atoms with Crippen LogP contribution < -0.4 is 21.1 Å². The average Bonchev–Trinajstić information content (AvgIpc) is 2.73. The van der Waals surface area contributed by atoms with Gasteiger partial charge >= 0.3 is 12.0 Å². The van der Waals surface area contributed by atoms with Gasteiger partial charge in [-0.2, -0.15) is 0 Å². The summed E-state index contributed by atoms with van der Waals surface area (Å²) in [5.74, 6) is -0.354. The highest BCUT2D eigenvalue weighted by molar-refractivity contribution is 5.95. The van der Waals surface area contributed by atoms with Crippen molar-refractivity contribution in [3.05, 3.63) is 41.1 Å². The molecule has 0 bridgehead atoms. The highest BCUT2D eigenvalue weighted by Gasteiger charge is 2.36. The van der Waals surface area contributed by atoms with E-state index in [0.29, 0.717) is 55.1 Å². The lowest BCUT2D eigenvalue weighted by molar-refractivity contribution is -0.139. The standard InChI is InChI=1S/C21H28N4O5/c1-3-30-20(27)17-15(12-25-10-8-13(9-11-25)19(22)26)23-21(28)24-18(17)14-6-4-5-7-16(14)29-2/h4-7,13,18H,3,8-12H2,1-2H3,(H2,22,26)(H2,23,24,28)/t18-/m1/s1.